The van der Waals surface area contributed by atoms with Gasteiger partial charge in [0.1, 0.15) is 0 Å². The van der Waals surface area contributed by atoms with Crippen LogP contribution in [0.2, 0.25) is 0 Å². The summed E-state index contributed by atoms with van der Waals surface area (Å²) in [7, 11) is 3.92. The first-order valence-corrected chi connectivity index (χ1v) is 7.03. The number of thioether (sulfide) groups is 1. The largest absolute Gasteiger partial charge is 0.303 e. The Morgan fingerprint density at radius 1 is 1.29 bits per heavy atom. The van der Waals surface area contributed by atoms with Gasteiger partial charge < -0.3 is 5.01 Å². The minimum Gasteiger partial charge on any atom is -0.303 e. The van der Waals surface area contributed by atoms with Crippen molar-refractivity contribution in [3.05, 3.63) is 30.3 Å². The van der Waals surface area contributed by atoms with Crippen molar-refractivity contribution >= 4 is 18.0 Å². The van der Waals surface area contributed by atoms with Gasteiger partial charge in [-0.05, 0) is 18.6 Å². The molecule has 0 aliphatic heterocycles. The van der Waals surface area contributed by atoms with Gasteiger partial charge in [-0.25, -0.2) is 0 Å². The second kappa shape index (κ2) is 8.18. The Bertz CT molecular complexity index is 322. The Labute approximate surface area is 109 Å². The second-order valence-corrected chi connectivity index (χ2v) is 5.54. The van der Waals surface area contributed by atoms with Crippen LogP contribution in [0.3, 0.4) is 0 Å². The third-order valence-corrected chi connectivity index (χ3v) is 3.54. The van der Waals surface area contributed by atoms with Crippen LogP contribution < -0.4 is 0 Å². The van der Waals surface area contributed by atoms with Crippen LogP contribution in [0.1, 0.15) is 26.2 Å². The predicted molar refractivity (Wildman–Crippen MR) is 77.8 cm³/mol. The van der Waals surface area contributed by atoms with Gasteiger partial charge in [-0.15, -0.1) is 11.8 Å². The molecule has 0 aliphatic rings. The zero-order valence-corrected chi connectivity index (χ0v) is 11.8. The van der Waals surface area contributed by atoms with Crippen LogP contribution in [0.5, 0.6) is 0 Å². The van der Waals surface area contributed by atoms with Crippen LogP contribution in [-0.4, -0.2) is 30.6 Å². The van der Waals surface area contributed by atoms with Crippen molar-refractivity contribution in [3.63, 3.8) is 0 Å². The number of benzene rings is 1. The summed E-state index contributed by atoms with van der Waals surface area (Å²) < 4.78 is 0. The van der Waals surface area contributed by atoms with E-state index in [0.29, 0.717) is 5.25 Å². The quantitative estimate of drug-likeness (QED) is 0.414. The van der Waals surface area contributed by atoms with E-state index in [0.717, 1.165) is 0 Å². The minimum atomic E-state index is 0.472. The van der Waals surface area contributed by atoms with Gasteiger partial charge in [-0.2, -0.15) is 5.10 Å². The molecule has 94 valence electrons. The molecule has 2 nitrogen and oxygen atoms in total. The van der Waals surface area contributed by atoms with Crippen LogP contribution in [0.15, 0.2) is 40.3 Å². The molecule has 0 N–H and O–H groups in total. The molecule has 0 spiro atoms. The first kappa shape index (κ1) is 14.1. The highest BCUT2D eigenvalue weighted by Crippen LogP contribution is 2.25. The van der Waals surface area contributed by atoms with Gasteiger partial charge in [-0.3, -0.25) is 0 Å². The average molecular weight is 250 g/mol. The molecule has 1 unspecified atom stereocenters. The maximum atomic E-state index is 4.36. The second-order valence-electron chi connectivity index (χ2n) is 4.22. The van der Waals surface area contributed by atoms with Crippen molar-refractivity contribution < 1.29 is 0 Å². The summed E-state index contributed by atoms with van der Waals surface area (Å²) in [6.45, 7) is 2.23. The Balaban J connectivity index is 2.57. The normalized spacial score (nSPS) is 12.9. The Hall–Kier alpha value is -0.960. The number of rotatable bonds is 7. The highest BCUT2D eigenvalue weighted by molar-refractivity contribution is 8.00. The zero-order valence-electron chi connectivity index (χ0n) is 11.0. The fraction of sp³-hybridized carbons (Fsp3) is 0.500. The van der Waals surface area contributed by atoms with Gasteiger partial charge in [-0.1, -0.05) is 38.0 Å². The fourth-order valence-corrected chi connectivity index (χ4v) is 2.51. The van der Waals surface area contributed by atoms with Gasteiger partial charge in [0.05, 0.1) is 0 Å². The molecule has 3 heteroatoms. The maximum Gasteiger partial charge on any atom is 0.0465 e. The minimum absolute atomic E-state index is 0.472. The van der Waals surface area contributed by atoms with Crippen molar-refractivity contribution in [3.8, 4) is 0 Å². The van der Waals surface area contributed by atoms with E-state index in [4.69, 9.17) is 0 Å². The Kier molecular flexibility index (Phi) is 6.78. The molecular formula is C14H22N2S. The summed E-state index contributed by atoms with van der Waals surface area (Å²) in [4.78, 5) is 1.32. The Morgan fingerprint density at radius 3 is 2.59 bits per heavy atom. The van der Waals surface area contributed by atoms with Crippen LogP contribution in [0.4, 0.5) is 0 Å². The molecule has 0 radical (unpaired) electrons. The van der Waals surface area contributed by atoms with Crippen LogP contribution in [-0.2, 0) is 0 Å². The van der Waals surface area contributed by atoms with E-state index in [1.807, 2.05) is 30.9 Å². The lowest BCUT2D eigenvalue weighted by Crippen LogP contribution is -2.09. The molecule has 1 atom stereocenters. The van der Waals surface area contributed by atoms with E-state index < -0.39 is 0 Å². The molecule has 1 aromatic carbocycles. The predicted octanol–water partition coefficient (Wildman–Crippen LogP) is 3.88. The molecule has 17 heavy (non-hydrogen) atoms. The highest BCUT2D eigenvalue weighted by Gasteiger charge is 2.07. The van der Waals surface area contributed by atoms with Crippen molar-refractivity contribution in [2.75, 3.05) is 14.1 Å². The number of hydrazone groups is 1. The van der Waals surface area contributed by atoms with Crippen molar-refractivity contribution in [2.45, 2.75) is 36.3 Å². The highest BCUT2D eigenvalue weighted by atomic mass is 32.2. The van der Waals surface area contributed by atoms with Crippen molar-refractivity contribution in [1.82, 2.24) is 5.01 Å². The lowest BCUT2D eigenvalue weighted by molar-refractivity contribution is 0.439. The van der Waals surface area contributed by atoms with Crippen molar-refractivity contribution in [2.24, 2.45) is 5.10 Å². The molecule has 0 heterocycles. The molecule has 0 saturated carbocycles. The summed E-state index contributed by atoms with van der Waals surface area (Å²) in [6.07, 6.45) is 5.74. The number of hydrogen-bond acceptors (Lipinski definition) is 3. The molecule has 0 aromatic heterocycles. The monoisotopic (exact) mass is 250 g/mol. The molecule has 0 saturated heterocycles. The molecule has 1 rings (SSSR count). The lowest BCUT2D eigenvalue weighted by Gasteiger charge is -2.12. The summed E-state index contributed by atoms with van der Waals surface area (Å²) in [5.74, 6) is 0. The van der Waals surface area contributed by atoms with E-state index in [1.54, 1.807) is 0 Å². The van der Waals surface area contributed by atoms with Crippen molar-refractivity contribution in [1.29, 1.82) is 0 Å². The third kappa shape index (κ3) is 6.37. The van der Waals surface area contributed by atoms with Crippen LogP contribution >= 0.6 is 11.8 Å². The molecule has 1 aromatic rings. The molecule has 0 fully saturated rings. The standard InChI is InChI=1S/C14H22N2S/c1-4-5-9-14(12-15-16(2)3)17-13-10-7-6-8-11-13/h6-8,10-12,14H,4-5,9H2,1-3H3/b15-12+. The molecule has 0 aliphatic carbocycles. The topological polar surface area (TPSA) is 15.6 Å². The third-order valence-electron chi connectivity index (χ3n) is 2.34. The van der Waals surface area contributed by atoms with E-state index in [2.05, 4.69) is 48.6 Å². The van der Waals surface area contributed by atoms with E-state index in [1.165, 1.54) is 24.2 Å². The molecular weight excluding hydrogens is 228 g/mol. The van der Waals surface area contributed by atoms with Gasteiger partial charge in [0, 0.05) is 30.5 Å². The summed E-state index contributed by atoms with van der Waals surface area (Å²) in [5.41, 5.74) is 0. The molecule has 0 bridgehead atoms. The van der Waals surface area contributed by atoms with E-state index >= 15 is 0 Å². The molecule has 0 amide bonds. The van der Waals surface area contributed by atoms with Gasteiger partial charge in [0.15, 0.2) is 0 Å². The smallest absolute Gasteiger partial charge is 0.0465 e. The average Bonchev–Trinajstić information content (AvgIpc) is 2.34. The van der Waals surface area contributed by atoms with Gasteiger partial charge >= 0.3 is 0 Å². The summed E-state index contributed by atoms with van der Waals surface area (Å²) >= 11 is 1.89. The maximum absolute atomic E-state index is 4.36. The first-order valence-electron chi connectivity index (χ1n) is 6.15. The number of nitrogens with zero attached hydrogens (tertiary/aromatic N) is 2. The SMILES string of the molecule is CCCCC(/C=N/N(C)C)Sc1ccccc1. The van der Waals surface area contributed by atoms with E-state index in [9.17, 15) is 0 Å². The number of unbranched alkanes of at least 4 members (excludes halogenated alkanes) is 1. The Morgan fingerprint density at radius 2 is 2.00 bits per heavy atom. The first-order chi connectivity index (χ1) is 8.22. The lowest BCUT2D eigenvalue weighted by atomic mass is 10.2. The van der Waals surface area contributed by atoms with Crippen LogP contribution in [0.25, 0.3) is 0 Å². The summed E-state index contributed by atoms with van der Waals surface area (Å²) in [6, 6.07) is 10.5. The number of hydrogen-bond donors (Lipinski definition) is 0. The van der Waals surface area contributed by atoms with Gasteiger partial charge in [0.25, 0.3) is 0 Å². The van der Waals surface area contributed by atoms with Crippen LogP contribution in [0, 0.1) is 0 Å². The zero-order chi connectivity index (χ0) is 12.5. The van der Waals surface area contributed by atoms with Gasteiger partial charge in [0.2, 0.25) is 0 Å². The van der Waals surface area contributed by atoms with E-state index in [-0.39, 0.29) is 0 Å². The summed E-state index contributed by atoms with van der Waals surface area (Å²) in [5, 5.41) is 6.69. The fourth-order valence-electron chi connectivity index (χ4n) is 1.45.